The molecule has 28 heavy (non-hydrogen) atoms. The number of guanidine groups is 1. The summed E-state index contributed by atoms with van der Waals surface area (Å²) in [6.07, 6.45) is 1.13. The maximum Gasteiger partial charge on any atom is 0.191 e. The van der Waals surface area contributed by atoms with Gasteiger partial charge in [-0.05, 0) is 51.7 Å². The van der Waals surface area contributed by atoms with E-state index in [9.17, 15) is 0 Å². The summed E-state index contributed by atoms with van der Waals surface area (Å²) in [5.74, 6) is 0.946. The maximum atomic E-state index is 4.90. The Bertz CT molecular complexity index is 626. The first-order chi connectivity index (χ1) is 13.0. The lowest BCUT2D eigenvalue weighted by Crippen LogP contribution is -2.52. The van der Waals surface area contributed by atoms with E-state index in [0.717, 1.165) is 62.7 Å². The first kappa shape index (κ1) is 23.7. The molecule has 2 atom stereocenters. The Morgan fingerprint density at radius 3 is 2.61 bits per heavy atom. The fraction of sp³-hybridized carbons (Fsp3) is 0.650. The van der Waals surface area contributed by atoms with E-state index in [2.05, 4.69) is 86.5 Å². The predicted molar refractivity (Wildman–Crippen MR) is 133 cm³/mol. The average molecular weight is 565 g/mol. The first-order valence-electron chi connectivity index (χ1n) is 9.99. The van der Waals surface area contributed by atoms with E-state index in [1.54, 1.807) is 0 Å². The van der Waals surface area contributed by atoms with Gasteiger partial charge in [-0.2, -0.15) is 0 Å². The van der Waals surface area contributed by atoms with Gasteiger partial charge in [-0.1, -0.05) is 15.9 Å². The number of piperazine rings is 1. The number of rotatable bonds is 5. The normalized spacial score (nSPS) is 24.1. The minimum Gasteiger partial charge on any atom is -0.369 e. The van der Waals surface area contributed by atoms with Gasteiger partial charge >= 0.3 is 0 Å². The molecule has 1 aromatic carbocycles. The van der Waals surface area contributed by atoms with Crippen LogP contribution in [-0.4, -0.2) is 87.8 Å². The number of hydrogen-bond acceptors (Lipinski definition) is 4. The number of nitrogens with zero attached hydrogens (tertiary/aromatic N) is 4. The highest BCUT2D eigenvalue weighted by Crippen LogP contribution is 2.22. The van der Waals surface area contributed by atoms with E-state index in [1.807, 2.05) is 0 Å². The lowest BCUT2D eigenvalue weighted by atomic mass is 10.2. The minimum absolute atomic E-state index is 0. The molecule has 2 unspecified atom stereocenters. The Morgan fingerprint density at radius 1 is 1.14 bits per heavy atom. The SMILES string of the molecule is CCNC(=NCC1CN(C)CCN1C)NC1CCN(c2ccc(Br)cc2)C1.I. The fourth-order valence-corrected chi connectivity index (χ4v) is 4.04. The van der Waals surface area contributed by atoms with Gasteiger partial charge < -0.3 is 20.4 Å². The van der Waals surface area contributed by atoms with Gasteiger partial charge in [0.15, 0.2) is 5.96 Å². The summed E-state index contributed by atoms with van der Waals surface area (Å²) in [6.45, 7) is 9.27. The molecular weight excluding hydrogens is 531 g/mol. The number of nitrogens with one attached hydrogen (secondary N) is 2. The monoisotopic (exact) mass is 564 g/mol. The van der Waals surface area contributed by atoms with Crippen LogP contribution in [0.2, 0.25) is 0 Å². The number of halogens is 2. The Balaban J connectivity index is 0.00000280. The molecule has 0 bridgehead atoms. The fourth-order valence-electron chi connectivity index (χ4n) is 3.77. The first-order valence-corrected chi connectivity index (χ1v) is 10.8. The lowest BCUT2D eigenvalue weighted by molar-refractivity contribution is 0.119. The topological polar surface area (TPSA) is 46.1 Å². The van der Waals surface area contributed by atoms with Gasteiger partial charge in [-0.25, -0.2) is 0 Å². The second-order valence-electron chi connectivity index (χ2n) is 7.67. The summed E-state index contributed by atoms with van der Waals surface area (Å²) >= 11 is 3.51. The number of benzene rings is 1. The Kier molecular flexibility index (Phi) is 9.79. The molecule has 2 saturated heterocycles. The van der Waals surface area contributed by atoms with Crippen LogP contribution in [0.25, 0.3) is 0 Å². The van der Waals surface area contributed by atoms with E-state index in [0.29, 0.717) is 12.1 Å². The molecule has 2 N–H and O–H groups in total. The molecule has 0 radical (unpaired) electrons. The second-order valence-corrected chi connectivity index (χ2v) is 8.58. The average Bonchev–Trinajstić information content (AvgIpc) is 3.11. The van der Waals surface area contributed by atoms with Crippen molar-refractivity contribution in [3.63, 3.8) is 0 Å². The third-order valence-electron chi connectivity index (χ3n) is 5.51. The summed E-state index contributed by atoms with van der Waals surface area (Å²) in [5, 5.41) is 7.07. The molecule has 3 rings (SSSR count). The van der Waals surface area contributed by atoms with Gasteiger partial charge in [0, 0.05) is 61.5 Å². The molecule has 0 aromatic heterocycles. The Labute approximate surface area is 195 Å². The molecular formula is C20H34BrIN6. The van der Waals surface area contributed by atoms with Crippen LogP contribution in [-0.2, 0) is 0 Å². The van der Waals surface area contributed by atoms with Crippen molar-refractivity contribution in [3.05, 3.63) is 28.7 Å². The molecule has 8 heteroatoms. The second kappa shape index (κ2) is 11.6. The minimum atomic E-state index is 0. The molecule has 2 aliphatic rings. The third kappa shape index (κ3) is 6.74. The van der Waals surface area contributed by atoms with E-state index >= 15 is 0 Å². The summed E-state index contributed by atoms with van der Waals surface area (Å²) in [6, 6.07) is 9.50. The summed E-state index contributed by atoms with van der Waals surface area (Å²) in [5.41, 5.74) is 1.29. The van der Waals surface area contributed by atoms with Crippen molar-refractivity contribution >= 4 is 51.6 Å². The standard InChI is InChI=1S/C20H33BrN6.HI/c1-4-22-20(23-13-19-15-25(2)11-12-26(19)3)24-17-9-10-27(14-17)18-7-5-16(21)6-8-18;/h5-8,17,19H,4,9-15H2,1-3H3,(H2,22,23,24);1H. The predicted octanol–water partition coefficient (Wildman–Crippen LogP) is 2.45. The molecule has 1 aromatic rings. The van der Waals surface area contributed by atoms with E-state index < -0.39 is 0 Å². The maximum absolute atomic E-state index is 4.90. The van der Waals surface area contributed by atoms with Gasteiger partial charge in [0.25, 0.3) is 0 Å². The number of hydrogen-bond donors (Lipinski definition) is 2. The molecule has 2 heterocycles. The zero-order valence-electron chi connectivity index (χ0n) is 17.2. The van der Waals surface area contributed by atoms with Crippen LogP contribution in [0.3, 0.4) is 0 Å². The van der Waals surface area contributed by atoms with Crippen LogP contribution >= 0.6 is 39.9 Å². The summed E-state index contributed by atoms with van der Waals surface area (Å²) in [7, 11) is 4.41. The molecule has 6 nitrogen and oxygen atoms in total. The smallest absolute Gasteiger partial charge is 0.191 e. The van der Waals surface area contributed by atoms with E-state index in [4.69, 9.17) is 4.99 Å². The van der Waals surface area contributed by atoms with Crippen molar-refractivity contribution in [2.24, 2.45) is 4.99 Å². The highest BCUT2D eigenvalue weighted by molar-refractivity contribution is 14.0. The number of anilines is 1. The largest absolute Gasteiger partial charge is 0.369 e. The molecule has 2 aliphatic heterocycles. The highest BCUT2D eigenvalue weighted by atomic mass is 127. The molecule has 0 amide bonds. The lowest BCUT2D eigenvalue weighted by Gasteiger charge is -2.37. The van der Waals surface area contributed by atoms with Crippen LogP contribution in [0.5, 0.6) is 0 Å². The van der Waals surface area contributed by atoms with Crippen LogP contribution in [0, 0.1) is 0 Å². The van der Waals surface area contributed by atoms with Crippen molar-refractivity contribution in [3.8, 4) is 0 Å². The summed E-state index contributed by atoms with van der Waals surface area (Å²) < 4.78 is 1.13. The van der Waals surface area contributed by atoms with Crippen molar-refractivity contribution in [2.75, 3.05) is 64.8 Å². The van der Waals surface area contributed by atoms with Gasteiger partial charge in [0.05, 0.1) is 6.54 Å². The molecule has 158 valence electrons. The van der Waals surface area contributed by atoms with Crippen LogP contribution in [0.1, 0.15) is 13.3 Å². The van der Waals surface area contributed by atoms with Crippen molar-refractivity contribution < 1.29 is 0 Å². The Hall–Kier alpha value is -0.580. The van der Waals surface area contributed by atoms with Gasteiger partial charge in [0.2, 0.25) is 0 Å². The molecule has 2 fully saturated rings. The molecule has 0 spiro atoms. The van der Waals surface area contributed by atoms with Crippen molar-refractivity contribution in [1.82, 2.24) is 20.4 Å². The zero-order chi connectivity index (χ0) is 19.2. The summed E-state index contributed by atoms with van der Waals surface area (Å²) in [4.78, 5) is 12.2. The number of likely N-dealkylation sites (N-methyl/N-ethyl adjacent to an activating group) is 2. The zero-order valence-corrected chi connectivity index (χ0v) is 21.1. The Morgan fingerprint density at radius 2 is 1.89 bits per heavy atom. The van der Waals surface area contributed by atoms with Crippen LogP contribution in [0.4, 0.5) is 5.69 Å². The molecule has 0 aliphatic carbocycles. The van der Waals surface area contributed by atoms with Gasteiger partial charge in [-0.3, -0.25) is 9.89 Å². The van der Waals surface area contributed by atoms with Crippen molar-refractivity contribution in [1.29, 1.82) is 0 Å². The number of aliphatic imine (C=N–C) groups is 1. The van der Waals surface area contributed by atoms with Crippen LogP contribution in [0.15, 0.2) is 33.7 Å². The van der Waals surface area contributed by atoms with Crippen molar-refractivity contribution in [2.45, 2.75) is 25.4 Å². The van der Waals surface area contributed by atoms with Gasteiger partial charge in [-0.15, -0.1) is 24.0 Å². The highest BCUT2D eigenvalue weighted by Gasteiger charge is 2.25. The van der Waals surface area contributed by atoms with Crippen LogP contribution < -0.4 is 15.5 Å². The van der Waals surface area contributed by atoms with E-state index in [-0.39, 0.29) is 24.0 Å². The third-order valence-corrected chi connectivity index (χ3v) is 6.03. The molecule has 0 saturated carbocycles. The van der Waals surface area contributed by atoms with E-state index in [1.165, 1.54) is 5.69 Å². The quantitative estimate of drug-likeness (QED) is 0.327. The van der Waals surface area contributed by atoms with Gasteiger partial charge in [0.1, 0.15) is 0 Å².